The summed E-state index contributed by atoms with van der Waals surface area (Å²) < 4.78 is 5.36. The first-order valence-corrected chi connectivity index (χ1v) is 6.37. The van der Waals surface area contributed by atoms with Crippen molar-refractivity contribution in [2.24, 2.45) is 0 Å². The molecule has 0 aliphatic carbocycles. The summed E-state index contributed by atoms with van der Waals surface area (Å²) in [5.74, 6) is 0.0129. The minimum atomic E-state index is -0.268. The molecular weight excluding hydrogens is 228 g/mol. The third kappa shape index (κ3) is 2.71. The van der Waals surface area contributed by atoms with E-state index >= 15 is 0 Å². The summed E-state index contributed by atoms with van der Waals surface area (Å²) in [6.07, 6.45) is 0. The number of amides is 1. The Balaban J connectivity index is 2.10. The number of hydrogen-bond donors (Lipinski definition) is 2. The molecule has 0 saturated carbocycles. The van der Waals surface area contributed by atoms with Gasteiger partial charge in [0, 0.05) is 23.9 Å². The smallest absolute Gasteiger partial charge is 0.246 e. The van der Waals surface area contributed by atoms with Gasteiger partial charge < -0.3 is 10.1 Å². The van der Waals surface area contributed by atoms with E-state index in [0.717, 1.165) is 16.8 Å². The number of benzene rings is 1. The molecule has 2 atom stereocenters. The van der Waals surface area contributed by atoms with E-state index < -0.39 is 0 Å². The molecule has 2 unspecified atom stereocenters. The Labute approximate surface area is 108 Å². The zero-order valence-electron chi connectivity index (χ0n) is 11.1. The third-order valence-electron chi connectivity index (χ3n) is 3.06. The van der Waals surface area contributed by atoms with Crippen molar-refractivity contribution in [1.29, 1.82) is 0 Å². The quantitative estimate of drug-likeness (QED) is 0.838. The summed E-state index contributed by atoms with van der Waals surface area (Å²) >= 11 is 0. The minimum Gasteiger partial charge on any atom is -0.380 e. The summed E-state index contributed by atoms with van der Waals surface area (Å²) in [6, 6.07) is 5.89. The van der Waals surface area contributed by atoms with Crippen LogP contribution >= 0.6 is 0 Å². The lowest BCUT2D eigenvalue weighted by molar-refractivity contribution is -0.117. The average Bonchev–Trinajstić information content (AvgIpc) is 2.63. The zero-order chi connectivity index (χ0) is 13.1. The Morgan fingerprint density at radius 2 is 2.28 bits per heavy atom. The Morgan fingerprint density at radius 3 is 3.00 bits per heavy atom. The number of hydrogen-bond acceptors (Lipinski definition) is 3. The van der Waals surface area contributed by atoms with Crippen LogP contribution in [0.15, 0.2) is 18.2 Å². The topological polar surface area (TPSA) is 50.4 Å². The molecule has 1 aromatic carbocycles. The van der Waals surface area contributed by atoms with E-state index in [9.17, 15) is 4.79 Å². The predicted octanol–water partition coefficient (Wildman–Crippen LogP) is 2.00. The number of carbonyl (C=O) groups excluding carboxylic acids is 1. The summed E-state index contributed by atoms with van der Waals surface area (Å²) in [6.45, 7) is 7.33. The molecular formula is C14H20N2O2. The Kier molecular flexibility index (Phi) is 3.99. The minimum absolute atomic E-state index is 0.0129. The normalized spacial score (nSPS) is 19.5. The van der Waals surface area contributed by atoms with E-state index in [-0.39, 0.29) is 18.0 Å². The lowest BCUT2D eigenvalue weighted by Gasteiger charge is -2.18. The molecule has 0 aromatic heterocycles. The lowest BCUT2D eigenvalue weighted by Crippen LogP contribution is -2.37. The molecule has 2 rings (SSSR count). The number of ether oxygens (including phenoxy) is 1. The molecule has 1 aliphatic rings. The number of nitrogens with one attached hydrogen (secondary N) is 2. The fraction of sp³-hybridized carbons (Fsp3) is 0.500. The van der Waals surface area contributed by atoms with Crippen LogP contribution in [0.3, 0.4) is 0 Å². The van der Waals surface area contributed by atoms with E-state index in [1.54, 1.807) is 0 Å². The monoisotopic (exact) mass is 248 g/mol. The van der Waals surface area contributed by atoms with Crippen LogP contribution in [-0.2, 0) is 9.53 Å². The van der Waals surface area contributed by atoms with Crippen LogP contribution in [-0.4, -0.2) is 25.2 Å². The molecule has 0 radical (unpaired) electrons. The van der Waals surface area contributed by atoms with Gasteiger partial charge in [0.15, 0.2) is 0 Å². The van der Waals surface area contributed by atoms with Crippen LogP contribution in [0.2, 0.25) is 0 Å². The number of anilines is 1. The lowest BCUT2D eigenvalue weighted by atomic mass is 10.0. The molecule has 0 spiro atoms. The van der Waals surface area contributed by atoms with Crippen molar-refractivity contribution >= 4 is 11.6 Å². The van der Waals surface area contributed by atoms with Gasteiger partial charge >= 0.3 is 0 Å². The molecule has 4 heteroatoms. The molecule has 1 aromatic rings. The standard InChI is InChI=1S/C14H20N2O2/c1-4-18-8-10(3)15-13-11-7-9(2)5-6-12(11)16-14(13)17/h5-7,10,13,15H,4,8H2,1-3H3,(H,16,17). The van der Waals surface area contributed by atoms with E-state index in [2.05, 4.69) is 16.7 Å². The van der Waals surface area contributed by atoms with Gasteiger partial charge in [0.25, 0.3) is 0 Å². The molecule has 0 fully saturated rings. The first kappa shape index (κ1) is 13.1. The molecule has 4 nitrogen and oxygen atoms in total. The van der Waals surface area contributed by atoms with E-state index in [4.69, 9.17) is 4.74 Å². The van der Waals surface area contributed by atoms with Gasteiger partial charge in [-0.1, -0.05) is 17.7 Å². The Hall–Kier alpha value is -1.39. The molecule has 1 amide bonds. The van der Waals surface area contributed by atoms with E-state index in [1.807, 2.05) is 32.9 Å². The molecule has 0 saturated heterocycles. The summed E-state index contributed by atoms with van der Waals surface area (Å²) in [4.78, 5) is 11.9. The number of carbonyl (C=O) groups is 1. The Bertz CT molecular complexity index is 445. The molecule has 1 aliphatic heterocycles. The predicted molar refractivity (Wildman–Crippen MR) is 71.6 cm³/mol. The fourth-order valence-electron chi connectivity index (χ4n) is 2.17. The summed E-state index contributed by atoms with van der Waals surface area (Å²) in [5.41, 5.74) is 3.10. The van der Waals surface area contributed by atoms with Gasteiger partial charge in [0.2, 0.25) is 5.91 Å². The number of rotatable bonds is 5. The van der Waals surface area contributed by atoms with Gasteiger partial charge in [-0.05, 0) is 26.8 Å². The van der Waals surface area contributed by atoms with Crippen LogP contribution < -0.4 is 10.6 Å². The Morgan fingerprint density at radius 1 is 1.50 bits per heavy atom. The van der Waals surface area contributed by atoms with Gasteiger partial charge in [0.05, 0.1) is 6.61 Å². The fourth-order valence-corrected chi connectivity index (χ4v) is 2.17. The van der Waals surface area contributed by atoms with Crippen LogP contribution in [0, 0.1) is 6.92 Å². The SMILES string of the molecule is CCOCC(C)NC1C(=O)Nc2ccc(C)cc21. The first-order chi connectivity index (χ1) is 8.61. The van der Waals surface area contributed by atoms with E-state index in [1.165, 1.54) is 0 Å². The molecule has 18 heavy (non-hydrogen) atoms. The van der Waals surface area contributed by atoms with Crippen molar-refractivity contribution in [1.82, 2.24) is 5.32 Å². The number of aryl methyl sites for hydroxylation is 1. The van der Waals surface area contributed by atoms with Crippen molar-refractivity contribution in [3.63, 3.8) is 0 Å². The van der Waals surface area contributed by atoms with Crippen molar-refractivity contribution in [2.45, 2.75) is 32.9 Å². The summed E-state index contributed by atoms with van der Waals surface area (Å²) in [7, 11) is 0. The highest BCUT2D eigenvalue weighted by atomic mass is 16.5. The second-order valence-corrected chi connectivity index (χ2v) is 4.74. The van der Waals surface area contributed by atoms with Crippen molar-refractivity contribution < 1.29 is 9.53 Å². The van der Waals surface area contributed by atoms with Gasteiger partial charge in [-0.2, -0.15) is 0 Å². The number of fused-ring (bicyclic) bond motifs is 1. The highest BCUT2D eigenvalue weighted by molar-refractivity contribution is 6.02. The van der Waals surface area contributed by atoms with Crippen LogP contribution in [0.5, 0.6) is 0 Å². The maximum absolute atomic E-state index is 11.9. The van der Waals surface area contributed by atoms with Crippen LogP contribution in [0.25, 0.3) is 0 Å². The molecule has 1 heterocycles. The average molecular weight is 248 g/mol. The van der Waals surface area contributed by atoms with E-state index in [0.29, 0.717) is 13.2 Å². The maximum atomic E-state index is 11.9. The molecule has 0 bridgehead atoms. The van der Waals surface area contributed by atoms with Gasteiger partial charge in [-0.3, -0.25) is 10.1 Å². The van der Waals surface area contributed by atoms with Crippen molar-refractivity contribution in [2.75, 3.05) is 18.5 Å². The van der Waals surface area contributed by atoms with Gasteiger partial charge in [-0.15, -0.1) is 0 Å². The van der Waals surface area contributed by atoms with Crippen LogP contribution in [0.4, 0.5) is 5.69 Å². The highest BCUT2D eigenvalue weighted by Crippen LogP contribution is 2.31. The van der Waals surface area contributed by atoms with Crippen LogP contribution in [0.1, 0.15) is 31.0 Å². The van der Waals surface area contributed by atoms with Crippen molar-refractivity contribution in [3.05, 3.63) is 29.3 Å². The molecule has 2 N–H and O–H groups in total. The van der Waals surface area contributed by atoms with Crippen molar-refractivity contribution in [3.8, 4) is 0 Å². The first-order valence-electron chi connectivity index (χ1n) is 6.37. The highest BCUT2D eigenvalue weighted by Gasteiger charge is 2.31. The molecule has 98 valence electrons. The zero-order valence-corrected chi connectivity index (χ0v) is 11.1. The van der Waals surface area contributed by atoms with Gasteiger partial charge in [0.1, 0.15) is 6.04 Å². The largest absolute Gasteiger partial charge is 0.380 e. The second-order valence-electron chi connectivity index (χ2n) is 4.74. The summed E-state index contributed by atoms with van der Waals surface area (Å²) in [5, 5.41) is 6.20. The second kappa shape index (κ2) is 5.50. The third-order valence-corrected chi connectivity index (χ3v) is 3.06. The maximum Gasteiger partial charge on any atom is 0.246 e. The van der Waals surface area contributed by atoms with Gasteiger partial charge in [-0.25, -0.2) is 0 Å².